The topological polar surface area (TPSA) is 65.4 Å². The molecule has 0 aliphatic rings. The van der Waals surface area contributed by atoms with E-state index in [4.69, 9.17) is 14.5 Å². The van der Waals surface area contributed by atoms with Crippen LogP contribution in [0.3, 0.4) is 0 Å². The molecular weight excluding hydrogens is 450 g/mol. The molecule has 0 aliphatic carbocycles. The van der Waals surface area contributed by atoms with Gasteiger partial charge < -0.3 is 19.4 Å². The molecule has 182 valence electrons. The van der Waals surface area contributed by atoms with Crippen molar-refractivity contribution in [3.63, 3.8) is 0 Å². The van der Waals surface area contributed by atoms with Crippen molar-refractivity contribution in [2.75, 3.05) is 14.2 Å². The monoisotopic (exact) mass is 479 g/mol. The summed E-state index contributed by atoms with van der Waals surface area (Å²) in [6.07, 6.45) is 0.230. The summed E-state index contributed by atoms with van der Waals surface area (Å²) in [5, 5.41) is 5.56. The van der Waals surface area contributed by atoms with E-state index in [1.165, 1.54) is 16.3 Å². The average Bonchev–Trinajstić information content (AvgIpc) is 3.27. The first-order valence-corrected chi connectivity index (χ1v) is 12.0. The molecule has 0 spiro atoms. The number of ether oxygens (including phenoxy) is 2. The number of imidazole rings is 1. The van der Waals surface area contributed by atoms with Crippen LogP contribution in [0.25, 0.3) is 21.8 Å². The van der Waals surface area contributed by atoms with Crippen LogP contribution < -0.4 is 14.8 Å². The Morgan fingerprint density at radius 3 is 2.50 bits per heavy atom. The van der Waals surface area contributed by atoms with E-state index in [0.717, 1.165) is 22.4 Å². The minimum Gasteiger partial charge on any atom is -0.493 e. The SMILES string of the molecule is COc1ccc(CC(=O)NC(C)c2nc3ccccc3n2Cc2cccc3ccccc23)cc1OC. The van der Waals surface area contributed by atoms with E-state index in [2.05, 4.69) is 58.4 Å². The van der Waals surface area contributed by atoms with Gasteiger partial charge in [0.2, 0.25) is 5.91 Å². The van der Waals surface area contributed by atoms with E-state index in [-0.39, 0.29) is 18.4 Å². The van der Waals surface area contributed by atoms with Crippen LogP contribution in [-0.2, 0) is 17.8 Å². The normalized spacial score (nSPS) is 12.0. The number of carbonyl (C=O) groups excluding carboxylic acids is 1. The summed E-state index contributed by atoms with van der Waals surface area (Å²) < 4.78 is 12.9. The highest BCUT2D eigenvalue weighted by Gasteiger charge is 2.19. The van der Waals surface area contributed by atoms with Crippen LogP contribution >= 0.6 is 0 Å². The minimum absolute atomic E-state index is 0.0847. The zero-order valence-corrected chi connectivity index (χ0v) is 20.7. The van der Waals surface area contributed by atoms with Crippen molar-refractivity contribution in [2.45, 2.75) is 25.9 Å². The Kier molecular flexibility index (Phi) is 6.58. The van der Waals surface area contributed by atoms with Gasteiger partial charge in [0.05, 0.1) is 44.3 Å². The number of carbonyl (C=O) groups is 1. The maximum atomic E-state index is 13.0. The van der Waals surface area contributed by atoms with Crippen LogP contribution in [0.2, 0.25) is 0 Å². The Hall–Kier alpha value is -4.32. The molecule has 0 aliphatic heterocycles. The molecule has 6 heteroatoms. The van der Waals surface area contributed by atoms with Gasteiger partial charge in [-0.3, -0.25) is 4.79 Å². The highest BCUT2D eigenvalue weighted by Crippen LogP contribution is 2.28. The van der Waals surface area contributed by atoms with E-state index in [1.807, 2.05) is 43.3 Å². The van der Waals surface area contributed by atoms with Crippen molar-refractivity contribution >= 4 is 27.7 Å². The molecule has 0 bridgehead atoms. The van der Waals surface area contributed by atoms with Crippen molar-refractivity contribution in [3.05, 3.63) is 102 Å². The number of methoxy groups -OCH3 is 2. The number of amides is 1. The van der Waals surface area contributed by atoms with Gasteiger partial charge in [-0.15, -0.1) is 0 Å². The lowest BCUT2D eigenvalue weighted by atomic mass is 10.0. The second-order valence-corrected chi connectivity index (χ2v) is 8.84. The van der Waals surface area contributed by atoms with Gasteiger partial charge in [0, 0.05) is 0 Å². The smallest absolute Gasteiger partial charge is 0.224 e. The maximum Gasteiger partial charge on any atom is 0.224 e. The van der Waals surface area contributed by atoms with Crippen molar-refractivity contribution in [1.29, 1.82) is 0 Å². The highest BCUT2D eigenvalue weighted by atomic mass is 16.5. The van der Waals surface area contributed by atoms with Gasteiger partial charge in [-0.2, -0.15) is 0 Å². The molecule has 0 fully saturated rings. The molecule has 0 saturated carbocycles. The molecule has 1 aromatic heterocycles. The highest BCUT2D eigenvalue weighted by molar-refractivity contribution is 5.86. The fourth-order valence-corrected chi connectivity index (χ4v) is 4.72. The lowest BCUT2D eigenvalue weighted by Gasteiger charge is -2.18. The second kappa shape index (κ2) is 10.1. The molecule has 0 radical (unpaired) electrons. The van der Waals surface area contributed by atoms with Gasteiger partial charge >= 0.3 is 0 Å². The quantitative estimate of drug-likeness (QED) is 0.311. The predicted octanol–water partition coefficient (Wildman–Crippen LogP) is 5.67. The zero-order chi connectivity index (χ0) is 25.1. The number of fused-ring (bicyclic) bond motifs is 2. The van der Waals surface area contributed by atoms with Crippen LogP contribution in [0.1, 0.15) is 29.9 Å². The zero-order valence-electron chi connectivity index (χ0n) is 20.7. The molecular formula is C30H29N3O3. The van der Waals surface area contributed by atoms with E-state index in [1.54, 1.807) is 14.2 Å². The summed E-state index contributed by atoms with van der Waals surface area (Å²) >= 11 is 0. The van der Waals surface area contributed by atoms with Gasteiger partial charge in [-0.05, 0) is 53.1 Å². The Morgan fingerprint density at radius 1 is 0.917 bits per heavy atom. The molecule has 1 amide bonds. The van der Waals surface area contributed by atoms with Crippen LogP contribution in [0.4, 0.5) is 0 Å². The summed E-state index contributed by atoms with van der Waals surface area (Å²) in [6, 6.07) is 28.1. The molecule has 6 nitrogen and oxygen atoms in total. The van der Waals surface area contributed by atoms with Gasteiger partial charge in [0.15, 0.2) is 11.5 Å². The second-order valence-electron chi connectivity index (χ2n) is 8.84. The third-order valence-electron chi connectivity index (χ3n) is 6.47. The first kappa shape index (κ1) is 23.4. The number of para-hydroxylation sites is 2. The average molecular weight is 480 g/mol. The molecule has 0 saturated heterocycles. The predicted molar refractivity (Wildman–Crippen MR) is 143 cm³/mol. The first-order valence-electron chi connectivity index (χ1n) is 12.0. The van der Waals surface area contributed by atoms with Crippen molar-refractivity contribution in [2.24, 2.45) is 0 Å². The number of rotatable bonds is 8. The fraction of sp³-hybridized carbons (Fsp3) is 0.200. The fourth-order valence-electron chi connectivity index (χ4n) is 4.72. The summed E-state index contributed by atoms with van der Waals surface area (Å²) in [7, 11) is 3.18. The third-order valence-corrected chi connectivity index (χ3v) is 6.47. The molecule has 5 rings (SSSR count). The van der Waals surface area contributed by atoms with Crippen molar-refractivity contribution in [3.8, 4) is 11.5 Å². The molecule has 1 atom stereocenters. The Labute approximate surface area is 210 Å². The van der Waals surface area contributed by atoms with Crippen LogP contribution in [-0.4, -0.2) is 29.7 Å². The van der Waals surface area contributed by atoms with Gasteiger partial charge in [-0.1, -0.05) is 60.7 Å². The molecule has 5 aromatic rings. The van der Waals surface area contributed by atoms with Crippen molar-refractivity contribution in [1.82, 2.24) is 14.9 Å². The Balaban J connectivity index is 1.42. The molecule has 1 unspecified atom stereocenters. The van der Waals surface area contributed by atoms with Gasteiger partial charge in [-0.25, -0.2) is 4.98 Å². The van der Waals surface area contributed by atoms with E-state index < -0.39 is 0 Å². The largest absolute Gasteiger partial charge is 0.493 e. The number of hydrogen-bond donors (Lipinski definition) is 1. The third kappa shape index (κ3) is 4.62. The number of nitrogens with one attached hydrogen (secondary N) is 1. The summed E-state index contributed by atoms with van der Waals surface area (Å²) in [4.78, 5) is 17.9. The molecule has 36 heavy (non-hydrogen) atoms. The van der Waals surface area contributed by atoms with Gasteiger partial charge in [0.1, 0.15) is 5.82 Å². The van der Waals surface area contributed by atoms with Crippen LogP contribution in [0.5, 0.6) is 11.5 Å². The van der Waals surface area contributed by atoms with Gasteiger partial charge in [0.25, 0.3) is 0 Å². The first-order chi connectivity index (χ1) is 17.6. The number of nitrogens with zero attached hydrogens (tertiary/aromatic N) is 2. The maximum absolute atomic E-state index is 13.0. The lowest BCUT2D eigenvalue weighted by Crippen LogP contribution is -2.30. The summed E-state index contributed by atoms with van der Waals surface area (Å²) in [5.74, 6) is 1.98. The van der Waals surface area contributed by atoms with E-state index in [9.17, 15) is 4.79 Å². The van der Waals surface area contributed by atoms with Crippen LogP contribution in [0.15, 0.2) is 84.9 Å². The van der Waals surface area contributed by atoms with E-state index >= 15 is 0 Å². The summed E-state index contributed by atoms with van der Waals surface area (Å²) in [5.41, 5.74) is 4.01. The lowest BCUT2D eigenvalue weighted by molar-refractivity contribution is -0.121. The Bertz CT molecular complexity index is 1530. The van der Waals surface area contributed by atoms with Crippen molar-refractivity contribution < 1.29 is 14.3 Å². The minimum atomic E-state index is -0.278. The van der Waals surface area contributed by atoms with E-state index in [0.29, 0.717) is 18.0 Å². The number of aromatic nitrogens is 2. The number of hydrogen-bond acceptors (Lipinski definition) is 4. The molecule has 1 N–H and O–H groups in total. The number of benzene rings is 4. The standard InChI is InChI=1S/C30H29N3O3/c1-20(31-29(34)18-21-15-16-27(35-2)28(17-21)36-3)30-32-25-13-6-7-14-26(25)33(30)19-23-11-8-10-22-9-4-5-12-24(22)23/h4-17,20H,18-19H2,1-3H3,(H,31,34). The Morgan fingerprint density at radius 2 is 1.67 bits per heavy atom. The molecule has 1 heterocycles. The summed E-state index contributed by atoms with van der Waals surface area (Å²) in [6.45, 7) is 2.64. The molecule has 4 aromatic carbocycles. The van der Waals surface area contributed by atoms with Crippen LogP contribution in [0, 0.1) is 0 Å².